The fraction of sp³-hybridized carbons (Fsp3) is 0.429. The summed E-state index contributed by atoms with van der Waals surface area (Å²) in [6.07, 6.45) is 3.04. The number of benzene rings is 1. The van der Waals surface area contributed by atoms with Crippen LogP contribution in [0.3, 0.4) is 0 Å². The van der Waals surface area contributed by atoms with Crippen LogP contribution in [0.25, 0.3) is 0 Å². The zero-order chi connectivity index (χ0) is 11.8. The minimum Gasteiger partial charge on any atom is -0.310 e. The van der Waals surface area contributed by atoms with Crippen molar-refractivity contribution in [1.82, 2.24) is 5.32 Å². The topological polar surface area (TPSA) is 12.0 Å². The summed E-state index contributed by atoms with van der Waals surface area (Å²) in [5.41, 5.74) is 1.35. The molecule has 1 N–H and O–H groups in total. The lowest BCUT2D eigenvalue weighted by Gasteiger charge is -2.08. The highest BCUT2D eigenvalue weighted by molar-refractivity contribution is 7.99. The number of rotatable bonds is 7. The van der Waals surface area contributed by atoms with Gasteiger partial charge in [0, 0.05) is 23.2 Å². The van der Waals surface area contributed by atoms with Crippen molar-refractivity contribution in [3.63, 3.8) is 0 Å². The summed E-state index contributed by atoms with van der Waals surface area (Å²) in [5.74, 6) is 1.12. The summed E-state index contributed by atoms with van der Waals surface area (Å²) < 4.78 is 0. The highest BCUT2D eigenvalue weighted by Gasteiger charge is 1.96. The fourth-order valence-corrected chi connectivity index (χ4v) is 2.13. The van der Waals surface area contributed by atoms with Crippen LogP contribution in [-0.2, 0) is 6.54 Å². The molecule has 1 rings (SSSR count). The summed E-state index contributed by atoms with van der Waals surface area (Å²) in [6, 6.07) is 9.34. The van der Waals surface area contributed by atoms with Crippen molar-refractivity contribution >= 4 is 11.8 Å². The van der Waals surface area contributed by atoms with E-state index < -0.39 is 0 Å². The molecule has 0 saturated heterocycles. The van der Waals surface area contributed by atoms with Gasteiger partial charge in [-0.3, -0.25) is 0 Å². The second-order valence-electron chi connectivity index (χ2n) is 4.11. The van der Waals surface area contributed by atoms with Gasteiger partial charge < -0.3 is 5.32 Å². The summed E-state index contributed by atoms with van der Waals surface area (Å²) in [7, 11) is 0. The van der Waals surface area contributed by atoms with Crippen molar-refractivity contribution < 1.29 is 0 Å². The molecule has 16 heavy (non-hydrogen) atoms. The molecule has 0 aliphatic rings. The van der Waals surface area contributed by atoms with Crippen molar-refractivity contribution in [3.8, 4) is 0 Å². The highest BCUT2D eigenvalue weighted by atomic mass is 32.2. The first-order valence-electron chi connectivity index (χ1n) is 5.78. The third kappa shape index (κ3) is 5.38. The number of hydrogen-bond donors (Lipinski definition) is 1. The van der Waals surface area contributed by atoms with Crippen molar-refractivity contribution in [1.29, 1.82) is 0 Å². The first-order chi connectivity index (χ1) is 7.72. The molecule has 1 aromatic carbocycles. The van der Waals surface area contributed by atoms with Gasteiger partial charge in [-0.05, 0) is 24.1 Å². The summed E-state index contributed by atoms with van der Waals surface area (Å²) >= 11 is 1.89. The molecule has 0 aliphatic heterocycles. The van der Waals surface area contributed by atoms with Gasteiger partial charge >= 0.3 is 0 Å². The lowest BCUT2D eigenvalue weighted by atomic mass is 10.2. The van der Waals surface area contributed by atoms with Gasteiger partial charge in [-0.25, -0.2) is 0 Å². The molecule has 2 heteroatoms. The molecule has 0 bridgehead atoms. The second kappa shape index (κ2) is 7.53. The van der Waals surface area contributed by atoms with E-state index in [2.05, 4.69) is 50.0 Å². The maximum Gasteiger partial charge on any atom is 0.0207 e. The van der Waals surface area contributed by atoms with Gasteiger partial charge in [-0.15, -0.1) is 18.3 Å². The lowest BCUT2D eigenvalue weighted by molar-refractivity contribution is 0.588. The van der Waals surface area contributed by atoms with Crippen molar-refractivity contribution in [2.24, 2.45) is 0 Å². The zero-order valence-electron chi connectivity index (χ0n) is 10.2. The van der Waals surface area contributed by atoms with Crippen molar-refractivity contribution in [2.45, 2.75) is 37.8 Å². The molecule has 88 valence electrons. The van der Waals surface area contributed by atoms with Crippen molar-refractivity contribution in [2.75, 3.05) is 5.75 Å². The standard InChI is InChI=1S/C14H21NS/c1-4-5-10-16-14-8-6-13(7-9-14)11-15-12(2)3/h4,6-9,12,15H,1,5,10-11H2,2-3H3. The van der Waals surface area contributed by atoms with E-state index in [0.717, 1.165) is 18.7 Å². The molecular formula is C14H21NS. The van der Waals surface area contributed by atoms with Gasteiger partial charge in [0.25, 0.3) is 0 Å². The molecular weight excluding hydrogens is 214 g/mol. The molecule has 0 saturated carbocycles. The molecule has 1 nitrogen and oxygen atoms in total. The molecule has 0 aromatic heterocycles. The predicted octanol–water partition coefficient (Wildman–Crippen LogP) is 3.85. The van der Waals surface area contributed by atoms with E-state index >= 15 is 0 Å². The maximum absolute atomic E-state index is 3.73. The Labute approximate surface area is 103 Å². The predicted molar refractivity (Wildman–Crippen MR) is 74.0 cm³/mol. The maximum atomic E-state index is 3.73. The lowest BCUT2D eigenvalue weighted by Crippen LogP contribution is -2.21. The third-order valence-electron chi connectivity index (χ3n) is 2.23. The molecule has 0 fully saturated rings. The normalized spacial score (nSPS) is 10.7. The Morgan fingerprint density at radius 2 is 2.00 bits per heavy atom. The Kier molecular flexibility index (Phi) is 6.27. The van der Waals surface area contributed by atoms with Gasteiger partial charge in [0.1, 0.15) is 0 Å². The van der Waals surface area contributed by atoms with Crippen LogP contribution < -0.4 is 5.32 Å². The first kappa shape index (κ1) is 13.3. The van der Waals surface area contributed by atoms with Crippen LogP contribution in [0.15, 0.2) is 41.8 Å². The molecule has 0 radical (unpaired) electrons. The Morgan fingerprint density at radius 1 is 1.31 bits per heavy atom. The number of thioether (sulfide) groups is 1. The molecule has 0 heterocycles. The van der Waals surface area contributed by atoms with Crippen LogP contribution in [0.5, 0.6) is 0 Å². The quantitative estimate of drug-likeness (QED) is 0.437. The summed E-state index contributed by atoms with van der Waals surface area (Å²) in [5, 5.41) is 3.41. The Morgan fingerprint density at radius 3 is 2.56 bits per heavy atom. The Bertz CT molecular complexity index is 303. The van der Waals surface area contributed by atoms with Gasteiger partial charge in [0.2, 0.25) is 0 Å². The van der Waals surface area contributed by atoms with Crippen LogP contribution >= 0.6 is 11.8 Å². The van der Waals surface area contributed by atoms with Gasteiger partial charge in [-0.2, -0.15) is 0 Å². The zero-order valence-corrected chi connectivity index (χ0v) is 11.0. The first-order valence-corrected chi connectivity index (χ1v) is 6.77. The largest absolute Gasteiger partial charge is 0.310 e. The monoisotopic (exact) mass is 235 g/mol. The van der Waals surface area contributed by atoms with Gasteiger partial charge in [0.05, 0.1) is 0 Å². The van der Waals surface area contributed by atoms with Crippen LogP contribution in [0.1, 0.15) is 25.8 Å². The highest BCUT2D eigenvalue weighted by Crippen LogP contribution is 2.19. The van der Waals surface area contributed by atoms with E-state index in [1.54, 1.807) is 0 Å². The van der Waals surface area contributed by atoms with Gasteiger partial charge in [-0.1, -0.05) is 32.1 Å². The summed E-state index contributed by atoms with van der Waals surface area (Å²) in [4.78, 5) is 1.34. The molecule has 0 spiro atoms. The number of hydrogen-bond acceptors (Lipinski definition) is 2. The smallest absolute Gasteiger partial charge is 0.0207 e. The van der Waals surface area contributed by atoms with Crippen LogP contribution in [0.2, 0.25) is 0 Å². The minimum atomic E-state index is 0.543. The average Bonchev–Trinajstić information content (AvgIpc) is 2.28. The van der Waals surface area contributed by atoms with Crippen LogP contribution in [0.4, 0.5) is 0 Å². The van der Waals surface area contributed by atoms with Crippen LogP contribution in [0, 0.1) is 0 Å². The number of nitrogens with one attached hydrogen (secondary N) is 1. The second-order valence-corrected chi connectivity index (χ2v) is 5.27. The Balaban J connectivity index is 2.38. The SMILES string of the molecule is C=CCCSc1ccc(CNC(C)C)cc1. The molecule has 1 aromatic rings. The van der Waals surface area contributed by atoms with E-state index in [0.29, 0.717) is 6.04 Å². The molecule has 0 unspecified atom stereocenters. The van der Waals surface area contributed by atoms with Crippen molar-refractivity contribution in [3.05, 3.63) is 42.5 Å². The minimum absolute atomic E-state index is 0.543. The van der Waals surface area contributed by atoms with Crippen LogP contribution in [-0.4, -0.2) is 11.8 Å². The molecule has 0 aliphatic carbocycles. The number of allylic oxidation sites excluding steroid dienone is 1. The summed E-state index contributed by atoms with van der Waals surface area (Å²) in [6.45, 7) is 9.01. The molecule has 0 atom stereocenters. The van der Waals surface area contributed by atoms with E-state index in [-0.39, 0.29) is 0 Å². The average molecular weight is 235 g/mol. The Hall–Kier alpha value is -0.730. The van der Waals surface area contributed by atoms with Gasteiger partial charge in [0.15, 0.2) is 0 Å². The fourth-order valence-electron chi connectivity index (χ4n) is 1.29. The van der Waals surface area contributed by atoms with E-state index in [1.165, 1.54) is 10.5 Å². The third-order valence-corrected chi connectivity index (χ3v) is 3.27. The van der Waals surface area contributed by atoms with E-state index in [9.17, 15) is 0 Å². The van der Waals surface area contributed by atoms with E-state index in [1.807, 2.05) is 17.8 Å². The van der Waals surface area contributed by atoms with E-state index in [4.69, 9.17) is 0 Å². The molecule has 0 amide bonds.